The summed E-state index contributed by atoms with van der Waals surface area (Å²) in [6, 6.07) is 17.9. The SMILES string of the molecule is CCc1ccc(N2CC(c3noc(-c4ccc5ncccc5c4)n3)CC2=O)cc1. The minimum atomic E-state index is -0.0759. The number of pyridine rings is 1. The van der Waals surface area contributed by atoms with E-state index in [2.05, 4.69) is 34.2 Å². The first-order chi connectivity index (χ1) is 14.2. The first-order valence-electron chi connectivity index (χ1n) is 9.79. The zero-order valence-corrected chi connectivity index (χ0v) is 16.1. The molecule has 1 aliphatic rings. The van der Waals surface area contributed by atoms with Crippen LogP contribution >= 0.6 is 0 Å². The van der Waals surface area contributed by atoms with Crippen molar-refractivity contribution in [1.29, 1.82) is 0 Å². The Labute approximate surface area is 168 Å². The van der Waals surface area contributed by atoms with E-state index in [1.165, 1.54) is 5.56 Å². The fourth-order valence-electron chi connectivity index (χ4n) is 3.77. The number of hydrogen-bond acceptors (Lipinski definition) is 5. The van der Waals surface area contributed by atoms with Crippen LogP contribution in [0.1, 0.15) is 30.7 Å². The van der Waals surface area contributed by atoms with Gasteiger partial charge in [0, 0.05) is 41.7 Å². The van der Waals surface area contributed by atoms with Crippen molar-refractivity contribution >= 4 is 22.5 Å². The summed E-state index contributed by atoms with van der Waals surface area (Å²) in [5.74, 6) is 1.05. The van der Waals surface area contributed by atoms with Crippen LogP contribution in [0.3, 0.4) is 0 Å². The number of carbonyl (C=O) groups is 1. The number of hydrogen-bond donors (Lipinski definition) is 0. The average molecular weight is 384 g/mol. The molecule has 0 aliphatic carbocycles. The van der Waals surface area contributed by atoms with Gasteiger partial charge in [0.25, 0.3) is 5.89 Å². The molecule has 1 aliphatic heterocycles. The lowest BCUT2D eigenvalue weighted by Gasteiger charge is -2.16. The molecule has 0 radical (unpaired) electrons. The Morgan fingerprint density at radius 2 is 2.00 bits per heavy atom. The van der Waals surface area contributed by atoms with Crippen molar-refractivity contribution in [2.75, 3.05) is 11.4 Å². The van der Waals surface area contributed by atoms with Gasteiger partial charge in [0.1, 0.15) is 0 Å². The molecule has 1 saturated heterocycles. The third-order valence-corrected chi connectivity index (χ3v) is 5.44. The van der Waals surface area contributed by atoms with Crippen LogP contribution in [0.2, 0.25) is 0 Å². The highest BCUT2D eigenvalue weighted by atomic mass is 16.5. The molecule has 0 spiro atoms. The molecule has 6 heteroatoms. The van der Waals surface area contributed by atoms with E-state index in [0.717, 1.165) is 28.6 Å². The second-order valence-corrected chi connectivity index (χ2v) is 7.29. The summed E-state index contributed by atoms with van der Waals surface area (Å²) in [5.41, 5.74) is 3.94. The Kier molecular flexibility index (Phi) is 4.31. The average Bonchev–Trinajstić information content (AvgIpc) is 3.40. The Balaban J connectivity index is 1.38. The lowest BCUT2D eigenvalue weighted by molar-refractivity contribution is -0.117. The number of benzene rings is 2. The fourth-order valence-corrected chi connectivity index (χ4v) is 3.77. The van der Waals surface area contributed by atoms with Crippen LogP contribution in [0.15, 0.2) is 65.3 Å². The normalized spacial score (nSPS) is 16.7. The first kappa shape index (κ1) is 17.6. The smallest absolute Gasteiger partial charge is 0.257 e. The van der Waals surface area contributed by atoms with E-state index in [0.29, 0.717) is 24.7 Å². The molecular weight excluding hydrogens is 364 g/mol. The van der Waals surface area contributed by atoms with E-state index in [1.54, 1.807) is 6.20 Å². The number of aromatic nitrogens is 3. The van der Waals surface area contributed by atoms with E-state index in [1.807, 2.05) is 47.4 Å². The zero-order chi connectivity index (χ0) is 19.8. The van der Waals surface area contributed by atoms with Crippen LogP contribution in [-0.4, -0.2) is 27.6 Å². The zero-order valence-electron chi connectivity index (χ0n) is 16.1. The molecule has 1 amide bonds. The maximum atomic E-state index is 12.6. The van der Waals surface area contributed by atoms with Crippen LogP contribution in [0.4, 0.5) is 5.69 Å². The molecule has 0 saturated carbocycles. The van der Waals surface area contributed by atoms with Crippen molar-refractivity contribution in [2.45, 2.75) is 25.7 Å². The van der Waals surface area contributed by atoms with Crippen molar-refractivity contribution in [2.24, 2.45) is 0 Å². The third-order valence-electron chi connectivity index (χ3n) is 5.44. The lowest BCUT2D eigenvalue weighted by atomic mass is 10.1. The molecule has 0 bridgehead atoms. The van der Waals surface area contributed by atoms with Gasteiger partial charge in [0.05, 0.1) is 5.52 Å². The third kappa shape index (κ3) is 3.27. The molecular formula is C23H20N4O2. The van der Waals surface area contributed by atoms with Gasteiger partial charge >= 0.3 is 0 Å². The van der Waals surface area contributed by atoms with Crippen LogP contribution in [0, 0.1) is 0 Å². The van der Waals surface area contributed by atoms with E-state index in [9.17, 15) is 4.79 Å². The molecule has 1 atom stereocenters. The topological polar surface area (TPSA) is 72.1 Å². The quantitative estimate of drug-likeness (QED) is 0.522. The second-order valence-electron chi connectivity index (χ2n) is 7.29. The van der Waals surface area contributed by atoms with Gasteiger partial charge in [-0.3, -0.25) is 9.78 Å². The van der Waals surface area contributed by atoms with Gasteiger partial charge in [0.2, 0.25) is 5.91 Å². The molecule has 0 N–H and O–H groups in total. The van der Waals surface area contributed by atoms with Gasteiger partial charge in [-0.05, 0) is 48.4 Å². The second kappa shape index (κ2) is 7.13. The number of carbonyl (C=O) groups excluding carboxylic acids is 1. The maximum absolute atomic E-state index is 12.6. The van der Waals surface area contributed by atoms with Crippen molar-refractivity contribution < 1.29 is 9.32 Å². The van der Waals surface area contributed by atoms with Gasteiger partial charge in [0.15, 0.2) is 5.82 Å². The summed E-state index contributed by atoms with van der Waals surface area (Å²) in [6.45, 7) is 2.68. The number of fused-ring (bicyclic) bond motifs is 1. The number of rotatable bonds is 4. The molecule has 3 heterocycles. The number of anilines is 1. The molecule has 2 aromatic heterocycles. The fraction of sp³-hybridized carbons (Fsp3) is 0.217. The lowest BCUT2D eigenvalue weighted by Crippen LogP contribution is -2.24. The number of amides is 1. The van der Waals surface area contributed by atoms with Crippen LogP contribution < -0.4 is 4.90 Å². The van der Waals surface area contributed by atoms with Gasteiger partial charge in [-0.25, -0.2) is 0 Å². The van der Waals surface area contributed by atoms with Gasteiger partial charge in [-0.15, -0.1) is 0 Å². The van der Waals surface area contributed by atoms with E-state index in [4.69, 9.17) is 4.52 Å². The van der Waals surface area contributed by atoms with Crippen molar-refractivity contribution in [3.05, 3.63) is 72.2 Å². The van der Waals surface area contributed by atoms with E-state index >= 15 is 0 Å². The molecule has 1 fully saturated rings. The van der Waals surface area contributed by atoms with Crippen LogP contribution in [0.5, 0.6) is 0 Å². The molecule has 6 nitrogen and oxygen atoms in total. The molecule has 2 aromatic carbocycles. The van der Waals surface area contributed by atoms with Gasteiger partial charge in [-0.2, -0.15) is 4.98 Å². The van der Waals surface area contributed by atoms with Gasteiger partial charge in [-0.1, -0.05) is 30.3 Å². The highest BCUT2D eigenvalue weighted by molar-refractivity contribution is 5.96. The maximum Gasteiger partial charge on any atom is 0.257 e. The molecule has 29 heavy (non-hydrogen) atoms. The summed E-state index contributed by atoms with van der Waals surface area (Å²) in [6.07, 6.45) is 3.13. The largest absolute Gasteiger partial charge is 0.334 e. The summed E-state index contributed by atoms with van der Waals surface area (Å²) in [4.78, 5) is 23.3. The Morgan fingerprint density at radius 3 is 2.83 bits per heavy atom. The van der Waals surface area contributed by atoms with E-state index in [-0.39, 0.29) is 11.8 Å². The van der Waals surface area contributed by atoms with Crippen LogP contribution in [0.25, 0.3) is 22.4 Å². The summed E-state index contributed by atoms with van der Waals surface area (Å²) >= 11 is 0. The predicted octanol–water partition coefficient (Wildman–Crippen LogP) is 4.37. The highest BCUT2D eigenvalue weighted by Crippen LogP contribution is 2.32. The monoisotopic (exact) mass is 384 g/mol. The van der Waals surface area contributed by atoms with Crippen molar-refractivity contribution in [1.82, 2.24) is 15.1 Å². The molecule has 144 valence electrons. The summed E-state index contributed by atoms with van der Waals surface area (Å²) in [5, 5.41) is 5.18. The molecule has 4 aromatic rings. The van der Waals surface area contributed by atoms with Crippen molar-refractivity contribution in [3.8, 4) is 11.5 Å². The number of nitrogens with zero attached hydrogens (tertiary/aromatic N) is 4. The molecule has 5 rings (SSSR count). The Hall–Kier alpha value is -3.54. The Morgan fingerprint density at radius 1 is 1.14 bits per heavy atom. The van der Waals surface area contributed by atoms with Gasteiger partial charge < -0.3 is 9.42 Å². The molecule has 1 unspecified atom stereocenters. The predicted molar refractivity (Wildman–Crippen MR) is 111 cm³/mol. The highest BCUT2D eigenvalue weighted by Gasteiger charge is 2.34. The standard InChI is InChI=1S/C23H20N4O2/c1-2-15-5-8-19(9-6-15)27-14-18(13-21(27)28)22-25-23(29-26-22)17-7-10-20-16(12-17)4-3-11-24-20/h3-12,18H,2,13-14H2,1H3. The van der Waals surface area contributed by atoms with Crippen molar-refractivity contribution in [3.63, 3.8) is 0 Å². The summed E-state index contributed by atoms with van der Waals surface area (Å²) in [7, 11) is 0. The first-order valence-corrected chi connectivity index (χ1v) is 9.79. The minimum absolute atomic E-state index is 0.0759. The number of aryl methyl sites for hydroxylation is 1. The minimum Gasteiger partial charge on any atom is -0.334 e. The van der Waals surface area contributed by atoms with Crippen LogP contribution in [-0.2, 0) is 11.2 Å². The summed E-state index contributed by atoms with van der Waals surface area (Å²) < 4.78 is 5.51. The van der Waals surface area contributed by atoms with E-state index < -0.39 is 0 Å². The Bertz CT molecular complexity index is 1180.